The lowest BCUT2D eigenvalue weighted by Gasteiger charge is -2.26. The van der Waals surface area contributed by atoms with Gasteiger partial charge in [-0.25, -0.2) is 0 Å². The molecule has 0 N–H and O–H groups in total. The fourth-order valence-electron chi connectivity index (χ4n) is 6.07. The zero-order valence-electron chi connectivity index (χ0n) is 27.1. The Morgan fingerprint density at radius 1 is 0.583 bits per heavy atom. The van der Waals surface area contributed by atoms with Gasteiger partial charge in [-0.05, 0) is 52.3 Å². The van der Waals surface area contributed by atoms with Crippen LogP contribution in [0.4, 0.5) is 0 Å². The summed E-state index contributed by atoms with van der Waals surface area (Å²) in [6, 6.07) is 43.9. The SMILES string of the molecule is c1ccc(CCc2cc(-c3oncc3-c3ccc(CN4CCOCC4)cc3)c(OCc3ccccc3)cc2OCc2ccccc2)cc1. The van der Waals surface area contributed by atoms with Crippen LogP contribution in [-0.4, -0.2) is 36.4 Å². The van der Waals surface area contributed by atoms with Crippen LogP contribution in [0.5, 0.6) is 11.5 Å². The van der Waals surface area contributed by atoms with Gasteiger partial charge < -0.3 is 18.7 Å². The number of ether oxygens (including phenoxy) is 3. The second kappa shape index (κ2) is 15.6. The average molecular weight is 637 g/mol. The van der Waals surface area contributed by atoms with Crippen LogP contribution in [-0.2, 0) is 37.3 Å². The summed E-state index contributed by atoms with van der Waals surface area (Å²) in [5, 5.41) is 4.29. The van der Waals surface area contributed by atoms with E-state index in [4.69, 9.17) is 18.7 Å². The van der Waals surface area contributed by atoms with Crippen LogP contribution in [0.2, 0.25) is 0 Å². The van der Waals surface area contributed by atoms with Crippen molar-refractivity contribution >= 4 is 0 Å². The number of rotatable bonds is 13. The summed E-state index contributed by atoms with van der Waals surface area (Å²) in [4.78, 5) is 2.43. The van der Waals surface area contributed by atoms with Crippen LogP contribution in [0.1, 0.15) is 27.8 Å². The van der Waals surface area contributed by atoms with E-state index >= 15 is 0 Å². The van der Waals surface area contributed by atoms with Crippen molar-refractivity contribution in [1.29, 1.82) is 0 Å². The molecule has 1 saturated heterocycles. The number of aryl methyl sites for hydroxylation is 2. The maximum absolute atomic E-state index is 6.57. The smallest absolute Gasteiger partial charge is 0.178 e. The molecule has 1 fully saturated rings. The Balaban J connectivity index is 1.24. The van der Waals surface area contributed by atoms with Crippen LogP contribution in [0.3, 0.4) is 0 Å². The van der Waals surface area contributed by atoms with Gasteiger partial charge in [-0.15, -0.1) is 0 Å². The molecule has 1 aliphatic rings. The second-order valence-electron chi connectivity index (χ2n) is 12.1. The summed E-state index contributed by atoms with van der Waals surface area (Å²) in [6.45, 7) is 5.28. The molecule has 0 radical (unpaired) electrons. The number of aromatic nitrogens is 1. The minimum atomic E-state index is 0.412. The van der Waals surface area contributed by atoms with E-state index in [-0.39, 0.29) is 0 Å². The molecule has 0 spiro atoms. The maximum atomic E-state index is 6.57. The summed E-state index contributed by atoms with van der Waals surface area (Å²) in [5.74, 6) is 2.16. The normalized spacial score (nSPS) is 13.3. The monoisotopic (exact) mass is 636 g/mol. The number of hydrogen-bond donors (Lipinski definition) is 0. The molecule has 48 heavy (non-hydrogen) atoms. The fourth-order valence-corrected chi connectivity index (χ4v) is 6.07. The standard InChI is InChI=1S/C42H40N2O4/c1-4-10-32(11-5-1)16-21-37-26-38(42-39(28-43-48-42)36-19-17-33(18-20-36)29-44-22-24-45-25-23-44)41(47-31-35-14-8-3-9-15-35)27-40(37)46-30-34-12-6-2-7-13-34/h1-15,17-20,26-28H,16,21-25,29-31H2. The van der Waals surface area contributed by atoms with Gasteiger partial charge in [0.05, 0.1) is 25.0 Å². The molecule has 1 aromatic heterocycles. The van der Waals surface area contributed by atoms with Gasteiger partial charge in [0.1, 0.15) is 24.7 Å². The van der Waals surface area contributed by atoms with Crippen molar-refractivity contribution in [2.75, 3.05) is 26.3 Å². The van der Waals surface area contributed by atoms with Crippen molar-refractivity contribution in [3.8, 4) is 33.9 Å². The average Bonchev–Trinajstić information content (AvgIpc) is 3.64. The summed E-state index contributed by atoms with van der Waals surface area (Å²) >= 11 is 0. The van der Waals surface area contributed by atoms with E-state index < -0.39 is 0 Å². The maximum Gasteiger partial charge on any atom is 0.178 e. The molecule has 6 nitrogen and oxygen atoms in total. The van der Waals surface area contributed by atoms with E-state index in [2.05, 4.69) is 95.0 Å². The molecule has 0 atom stereocenters. The summed E-state index contributed by atoms with van der Waals surface area (Å²) in [5.41, 5.74) is 8.63. The van der Waals surface area contributed by atoms with Crippen LogP contribution >= 0.6 is 0 Å². The topological polar surface area (TPSA) is 57.0 Å². The molecule has 5 aromatic carbocycles. The quantitative estimate of drug-likeness (QED) is 0.126. The van der Waals surface area contributed by atoms with Crippen molar-refractivity contribution in [2.45, 2.75) is 32.6 Å². The highest BCUT2D eigenvalue weighted by Crippen LogP contribution is 2.42. The molecule has 6 heteroatoms. The van der Waals surface area contributed by atoms with Gasteiger partial charge in [0, 0.05) is 31.3 Å². The molecule has 242 valence electrons. The van der Waals surface area contributed by atoms with E-state index in [1.165, 1.54) is 11.1 Å². The Bertz CT molecular complexity index is 1870. The Morgan fingerprint density at radius 2 is 1.19 bits per heavy atom. The summed E-state index contributed by atoms with van der Waals surface area (Å²) in [7, 11) is 0. The molecule has 0 aliphatic carbocycles. The van der Waals surface area contributed by atoms with Crippen LogP contribution in [0.25, 0.3) is 22.5 Å². The summed E-state index contributed by atoms with van der Waals surface area (Å²) in [6.07, 6.45) is 3.47. The largest absolute Gasteiger partial charge is 0.488 e. The minimum absolute atomic E-state index is 0.412. The van der Waals surface area contributed by atoms with Gasteiger partial charge in [0.2, 0.25) is 0 Å². The van der Waals surface area contributed by atoms with Gasteiger partial charge in [0.15, 0.2) is 5.76 Å². The first-order valence-corrected chi connectivity index (χ1v) is 16.7. The highest BCUT2D eigenvalue weighted by molar-refractivity contribution is 5.83. The van der Waals surface area contributed by atoms with Gasteiger partial charge in [-0.1, -0.05) is 120 Å². The van der Waals surface area contributed by atoms with Crippen LogP contribution < -0.4 is 9.47 Å². The molecule has 2 heterocycles. The zero-order chi connectivity index (χ0) is 32.4. The molecule has 1 aliphatic heterocycles. The first-order valence-electron chi connectivity index (χ1n) is 16.7. The Kier molecular flexibility index (Phi) is 10.2. The van der Waals surface area contributed by atoms with Gasteiger partial charge in [-0.3, -0.25) is 4.90 Å². The minimum Gasteiger partial charge on any atom is -0.488 e. The molecule has 0 amide bonds. The number of morpholine rings is 1. The first-order chi connectivity index (χ1) is 23.8. The van der Waals surface area contributed by atoms with Gasteiger partial charge in [-0.2, -0.15) is 0 Å². The first kappa shape index (κ1) is 31.4. The third kappa shape index (κ3) is 8.03. The molecule has 0 bridgehead atoms. The predicted octanol–water partition coefficient (Wildman–Crippen LogP) is 8.78. The van der Waals surface area contributed by atoms with Crippen molar-refractivity contribution < 1.29 is 18.7 Å². The number of nitrogens with zero attached hydrogens (tertiary/aromatic N) is 2. The molecule has 0 saturated carbocycles. The van der Waals surface area contributed by atoms with E-state index in [0.717, 1.165) is 84.8 Å². The van der Waals surface area contributed by atoms with E-state index in [9.17, 15) is 0 Å². The molecule has 7 rings (SSSR count). The third-order valence-electron chi connectivity index (χ3n) is 8.75. The molecular weight excluding hydrogens is 596 g/mol. The highest BCUT2D eigenvalue weighted by Gasteiger charge is 2.22. The van der Waals surface area contributed by atoms with Crippen LogP contribution in [0.15, 0.2) is 138 Å². The molecule has 0 unspecified atom stereocenters. The molecular formula is C42H40N2O4. The zero-order valence-corrected chi connectivity index (χ0v) is 27.1. The van der Waals surface area contributed by atoms with E-state index in [1.807, 2.05) is 42.5 Å². The van der Waals surface area contributed by atoms with Crippen molar-refractivity contribution in [3.05, 3.63) is 161 Å². The van der Waals surface area contributed by atoms with Crippen molar-refractivity contribution in [1.82, 2.24) is 10.1 Å². The third-order valence-corrected chi connectivity index (χ3v) is 8.75. The van der Waals surface area contributed by atoms with Gasteiger partial charge >= 0.3 is 0 Å². The Hall–Kier alpha value is -5.17. The lowest BCUT2D eigenvalue weighted by atomic mass is 9.96. The lowest BCUT2D eigenvalue weighted by Crippen LogP contribution is -2.35. The van der Waals surface area contributed by atoms with Crippen molar-refractivity contribution in [3.63, 3.8) is 0 Å². The lowest BCUT2D eigenvalue weighted by molar-refractivity contribution is 0.0342. The van der Waals surface area contributed by atoms with Crippen LogP contribution in [0, 0.1) is 0 Å². The van der Waals surface area contributed by atoms with E-state index in [0.29, 0.717) is 24.7 Å². The summed E-state index contributed by atoms with van der Waals surface area (Å²) < 4.78 is 24.7. The molecule has 6 aromatic rings. The fraction of sp³-hybridized carbons (Fsp3) is 0.214. The highest BCUT2D eigenvalue weighted by atomic mass is 16.5. The second-order valence-corrected chi connectivity index (χ2v) is 12.1. The number of hydrogen-bond acceptors (Lipinski definition) is 6. The Morgan fingerprint density at radius 3 is 1.83 bits per heavy atom. The Labute approximate surface area is 282 Å². The number of benzene rings is 5. The predicted molar refractivity (Wildman–Crippen MR) is 189 cm³/mol. The van der Waals surface area contributed by atoms with Crippen molar-refractivity contribution in [2.24, 2.45) is 0 Å². The van der Waals surface area contributed by atoms with E-state index in [1.54, 1.807) is 6.20 Å². The van der Waals surface area contributed by atoms with Gasteiger partial charge in [0.25, 0.3) is 0 Å².